The van der Waals surface area contributed by atoms with Crippen LogP contribution in [0.15, 0.2) is 18.2 Å². The molecule has 0 amide bonds. The summed E-state index contributed by atoms with van der Waals surface area (Å²) >= 11 is 0. The normalized spacial score (nSPS) is 12.3. The number of rotatable bonds is 5. The number of ether oxygens (including phenoxy) is 2. The van der Waals surface area contributed by atoms with Crippen molar-refractivity contribution in [2.24, 2.45) is 5.73 Å². The van der Waals surface area contributed by atoms with Crippen LogP contribution in [0.4, 0.5) is 0 Å². The molecule has 0 radical (unpaired) electrons. The van der Waals surface area contributed by atoms with Crippen LogP contribution >= 0.6 is 0 Å². The zero-order chi connectivity index (χ0) is 11.3. The first-order valence-corrected chi connectivity index (χ1v) is 5.24. The van der Waals surface area contributed by atoms with Gasteiger partial charge in [-0.25, -0.2) is 0 Å². The second-order valence-corrected chi connectivity index (χ2v) is 3.53. The lowest BCUT2D eigenvalue weighted by Gasteiger charge is -2.16. The van der Waals surface area contributed by atoms with Crippen molar-refractivity contribution < 1.29 is 9.47 Å². The van der Waals surface area contributed by atoms with E-state index in [1.54, 1.807) is 7.11 Å². The maximum absolute atomic E-state index is 5.75. The van der Waals surface area contributed by atoms with E-state index in [4.69, 9.17) is 15.2 Å². The molecular formula is C12H19NO2. The summed E-state index contributed by atoms with van der Waals surface area (Å²) in [5.41, 5.74) is 6.63. The van der Waals surface area contributed by atoms with E-state index in [1.165, 1.54) is 0 Å². The molecule has 1 aromatic rings. The smallest absolute Gasteiger partial charge is 0.161 e. The first kappa shape index (κ1) is 11.9. The molecule has 0 spiro atoms. The molecule has 3 heteroatoms. The molecule has 84 valence electrons. The van der Waals surface area contributed by atoms with Crippen molar-refractivity contribution in [2.75, 3.05) is 7.11 Å². The van der Waals surface area contributed by atoms with Gasteiger partial charge in [-0.2, -0.15) is 0 Å². The van der Waals surface area contributed by atoms with Crippen LogP contribution in [0.3, 0.4) is 0 Å². The van der Waals surface area contributed by atoms with Gasteiger partial charge >= 0.3 is 0 Å². The van der Waals surface area contributed by atoms with Gasteiger partial charge in [-0.1, -0.05) is 13.0 Å². The largest absolute Gasteiger partial charge is 0.493 e. The average Bonchev–Trinajstić information content (AvgIpc) is 2.28. The van der Waals surface area contributed by atoms with Crippen molar-refractivity contribution in [1.29, 1.82) is 0 Å². The lowest BCUT2D eigenvalue weighted by atomic mass is 10.2. The van der Waals surface area contributed by atoms with E-state index in [0.29, 0.717) is 6.54 Å². The highest BCUT2D eigenvalue weighted by Crippen LogP contribution is 2.29. The SMILES string of the molecule is CCC(C)Oc1cc(CN)ccc1OC. The fraction of sp³-hybridized carbons (Fsp3) is 0.500. The minimum absolute atomic E-state index is 0.187. The number of methoxy groups -OCH3 is 1. The predicted molar refractivity (Wildman–Crippen MR) is 61.3 cm³/mol. The van der Waals surface area contributed by atoms with Gasteiger partial charge in [0.1, 0.15) is 0 Å². The molecular weight excluding hydrogens is 190 g/mol. The van der Waals surface area contributed by atoms with Crippen LogP contribution in [0, 0.1) is 0 Å². The van der Waals surface area contributed by atoms with E-state index in [2.05, 4.69) is 6.92 Å². The summed E-state index contributed by atoms with van der Waals surface area (Å²) in [6.45, 7) is 4.64. The van der Waals surface area contributed by atoms with Crippen LogP contribution in [0.1, 0.15) is 25.8 Å². The van der Waals surface area contributed by atoms with Gasteiger partial charge in [0, 0.05) is 6.54 Å². The molecule has 0 saturated heterocycles. The first-order valence-electron chi connectivity index (χ1n) is 5.24. The molecule has 0 heterocycles. The van der Waals surface area contributed by atoms with Gasteiger partial charge in [-0.15, -0.1) is 0 Å². The number of hydrogen-bond donors (Lipinski definition) is 1. The Morgan fingerprint density at radius 3 is 2.60 bits per heavy atom. The molecule has 2 N–H and O–H groups in total. The molecule has 15 heavy (non-hydrogen) atoms. The summed E-state index contributed by atoms with van der Waals surface area (Å²) in [4.78, 5) is 0. The summed E-state index contributed by atoms with van der Waals surface area (Å²) in [5, 5.41) is 0. The molecule has 0 aliphatic rings. The number of hydrogen-bond acceptors (Lipinski definition) is 3. The summed E-state index contributed by atoms with van der Waals surface area (Å²) in [6.07, 6.45) is 1.16. The summed E-state index contributed by atoms with van der Waals surface area (Å²) < 4.78 is 11.0. The van der Waals surface area contributed by atoms with Crippen molar-refractivity contribution in [1.82, 2.24) is 0 Å². The lowest BCUT2D eigenvalue weighted by Crippen LogP contribution is -2.11. The maximum Gasteiger partial charge on any atom is 0.161 e. The molecule has 0 aromatic heterocycles. The molecule has 0 saturated carbocycles. The van der Waals surface area contributed by atoms with Crippen LogP contribution < -0.4 is 15.2 Å². The van der Waals surface area contributed by atoms with Gasteiger partial charge in [0.25, 0.3) is 0 Å². The van der Waals surface area contributed by atoms with Gasteiger partial charge < -0.3 is 15.2 Å². The molecule has 1 aromatic carbocycles. The minimum atomic E-state index is 0.187. The van der Waals surface area contributed by atoms with Crippen LogP contribution in [0.5, 0.6) is 11.5 Å². The molecule has 0 fully saturated rings. The van der Waals surface area contributed by atoms with Crippen LogP contribution in [0.2, 0.25) is 0 Å². The van der Waals surface area contributed by atoms with Gasteiger partial charge in [-0.05, 0) is 31.0 Å². The molecule has 0 aliphatic carbocycles. The molecule has 3 nitrogen and oxygen atoms in total. The third kappa shape index (κ3) is 3.13. The van der Waals surface area contributed by atoms with E-state index < -0.39 is 0 Å². The second kappa shape index (κ2) is 5.61. The zero-order valence-corrected chi connectivity index (χ0v) is 9.62. The molecule has 0 aliphatic heterocycles. The van der Waals surface area contributed by atoms with Crippen LogP contribution in [-0.2, 0) is 6.54 Å². The summed E-state index contributed by atoms with van der Waals surface area (Å²) in [7, 11) is 1.64. The number of nitrogens with two attached hydrogens (primary N) is 1. The van der Waals surface area contributed by atoms with Gasteiger partial charge in [-0.3, -0.25) is 0 Å². The third-order valence-electron chi connectivity index (χ3n) is 2.37. The van der Waals surface area contributed by atoms with E-state index in [0.717, 1.165) is 23.5 Å². The van der Waals surface area contributed by atoms with E-state index in [-0.39, 0.29) is 6.10 Å². The Morgan fingerprint density at radius 1 is 1.33 bits per heavy atom. The quantitative estimate of drug-likeness (QED) is 0.809. The Morgan fingerprint density at radius 2 is 2.07 bits per heavy atom. The molecule has 1 atom stereocenters. The Balaban J connectivity index is 2.90. The van der Waals surface area contributed by atoms with Crippen molar-refractivity contribution in [3.05, 3.63) is 23.8 Å². The summed E-state index contributed by atoms with van der Waals surface area (Å²) in [5.74, 6) is 1.53. The Labute approximate surface area is 91.2 Å². The Kier molecular flexibility index (Phi) is 4.43. The second-order valence-electron chi connectivity index (χ2n) is 3.53. The highest BCUT2D eigenvalue weighted by atomic mass is 16.5. The Hall–Kier alpha value is -1.22. The van der Waals surface area contributed by atoms with Gasteiger partial charge in [0.05, 0.1) is 13.2 Å². The first-order chi connectivity index (χ1) is 7.21. The highest BCUT2D eigenvalue weighted by molar-refractivity contribution is 5.43. The van der Waals surface area contributed by atoms with E-state index in [1.807, 2.05) is 25.1 Å². The topological polar surface area (TPSA) is 44.5 Å². The minimum Gasteiger partial charge on any atom is -0.493 e. The standard InChI is InChI=1S/C12H19NO2/c1-4-9(2)15-12-7-10(8-13)5-6-11(12)14-3/h5-7,9H,4,8,13H2,1-3H3. The Bertz CT molecular complexity index is 312. The van der Waals surface area contributed by atoms with Crippen molar-refractivity contribution >= 4 is 0 Å². The molecule has 0 bridgehead atoms. The molecule has 1 unspecified atom stereocenters. The monoisotopic (exact) mass is 209 g/mol. The van der Waals surface area contributed by atoms with Crippen molar-refractivity contribution in [3.8, 4) is 11.5 Å². The highest BCUT2D eigenvalue weighted by Gasteiger charge is 2.08. The van der Waals surface area contributed by atoms with Crippen molar-refractivity contribution in [3.63, 3.8) is 0 Å². The van der Waals surface area contributed by atoms with Crippen LogP contribution in [-0.4, -0.2) is 13.2 Å². The van der Waals surface area contributed by atoms with Crippen molar-refractivity contribution in [2.45, 2.75) is 32.9 Å². The predicted octanol–water partition coefficient (Wildman–Crippen LogP) is 2.33. The van der Waals surface area contributed by atoms with Gasteiger partial charge in [0.2, 0.25) is 0 Å². The number of benzene rings is 1. The summed E-state index contributed by atoms with van der Waals surface area (Å²) in [6, 6.07) is 5.77. The molecule has 1 rings (SSSR count). The van der Waals surface area contributed by atoms with Gasteiger partial charge in [0.15, 0.2) is 11.5 Å². The van der Waals surface area contributed by atoms with E-state index in [9.17, 15) is 0 Å². The lowest BCUT2D eigenvalue weighted by molar-refractivity contribution is 0.207. The average molecular weight is 209 g/mol. The zero-order valence-electron chi connectivity index (χ0n) is 9.62. The third-order valence-corrected chi connectivity index (χ3v) is 2.37. The fourth-order valence-electron chi connectivity index (χ4n) is 1.24. The van der Waals surface area contributed by atoms with E-state index >= 15 is 0 Å². The maximum atomic E-state index is 5.75. The fourth-order valence-corrected chi connectivity index (χ4v) is 1.24. The van der Waals surface area contributed by atoms with Crippen LogP contribution in [0.25, 0.3) is 0 Å².